The number of likely N-dealkylation sites (tertiary alicyclic amines) is 1. The van der Waals surface area contributed by atoms with E-state index in [1.807, 2.05) is 0 Å². The SMILES string of the molecule is O=C(O)N1CCC(Oc2ccc(-c3noc(C(F)(F)F)n3)cc2)CC1. The van der Waals surface area contributed by atoms with E-state index in [1.165, 1.54) is 17.0 Å². The van der Waals surface area contributed by atoms with Crippen LogP contribution in [0.4, 0.5) is 18.0 Å². The summed E-state index contributed by atoms with van der Waals surface area (Å²) in [5.41, 5.74) is 0.368. The van der Waals surface area contributed by atoms with Crippen LogP contribution in [0.2, 0.25) is 0 Å². The van der Waals surface area contributed by atoms with Gasteiger partial charge in [0.05, 0.1) is 0 Å². The van der Waals surface area contributed by atoms with Crippen molar-refractivity contribution in [2.45, 2.75) is 25.1 Å². The van der Waals surface area contributed by atoms with E-state index < -0.39 is 18.2 Å². The quantitative estimate of drug-likeness (QED) is 0.907. The number of aromatic nitrogens is 2. The monoisotopic (exact) mass is 357 g/mol. The second-order valence-corrected chi connectivity index (χ2v) is 5.53. The molecular weight excluding hydrogens is 343 g/mol. The zero-order valence-corrected chi connectivity index (χ0v) is 12.9. The highest BCUT2D eigenvalue weighted by molar-refractivity contribution is 5.65. The van der Waals surface area contributed by atoms with Crippen molar-refractivity contribution in [2.75, 3.05) is 13.1 Å². The first-order chi connectivity index (χ1) is 11.8. The largest absolute Gasteiger partial charge is 0.490 e. The van der Waals surface area contributed by atoms with E-state index in [1.54, 1.807) is 12.1 Å². The molecule has 10 heteroatoms. The van der Waals surface area contributed by atoms with Crippen molar-refractivity contribution in [3.63, 3.8) is 0 Å². The van der Waals surface area contributed by atoms with Crippen molar-refractivity contribution < 1.29 is 32.3 Å². The lowest BCUT2D eigenvalue weighted by Crippen LogP contribution is -2.41. The van der Waals surface area contributed by atoms with E-state index in [9.17, 15) is 18.0 Å². The number of alkyl halides is 3. The van der Waals surface area contributed by atoms with Crippen LogP contribution in [-0.4, -0.2) is 45.4 Å². The van der Waals surface area contributed by atoms with Gasteiger partial charge in [0.2, 0.25) is 5.82 Å². The molecule has 1 aromatic carbocycles. The van der Waals surface area contributed by atoms with Gasteiger partial charge in [0.15, 0.2) is 0 Å². The van der Waals surface area contributed by atoms with Crippen LogP contribution in [0.5, 0.6) is 5.75 Å². The predicted octanol–water partition coefficient (Wildman–Crippen LogP) is 3.28. The smallest absolute Gasteiger partial charge is 0.471 e. The van der Waals surface area contributed by atoms with E-state index in [2.05, 4.69) is 14.7 Å². The number of carboxylic acid groups (broad SMARTS) is 1. The average molecular weight is 357 g/mol. The maximum atomic E-state index is 12.5. The van der Waals surface area contributed by atoms with Gasteiger partial charge in [-0.1, -0.05) is 5.16 Å². The average Bonchev–Trinajstić information content (AvgIpc) is 3.06. The van der Waals surface area contributed by atoms with Gasteiger partial charge in [-0.25, -0.2) is 4.79 Å². The molecule has 1 fully saturated rings. The summed E-state index contributed by atoms with van der Waals surface area (Å²) in [4.78, 5) is 15.5. The molecule has 2 heterocycles. The Labute approximate surface area is 140 Å². The molecule has 0 aliphatic carbocycles. The number of amides is 1. The van der Waals surface area contributed by atoms with Crippen LogP contribution in [0.3, 0.4) is 0 Å². The Morgan fingerprint density at radius 1 is 1.24 bits per heavy atom. The fourth-order valence-electron chi connectivity index (χ4n) is 2.50. The molecule has 0 bridgehead atoms. The molecule has 1 N–H and O–H groups in total. The molecule has 0 saturated carbocycles. The minimum Gasteiger partial charge on any atom is -0.490 e. The molecule has 0 unspecified atom stereocenters. The highest BCUT2D eigenvalue weighted by Gasteiger charge is 2.38. The summed E-state index contributed by atoms with van der Waals surface area (Å²) in [6.45, 7) is 0.808. The summed E-state index contributed by atoms with van der Waals surface area (Å²) in [5, 5.41) is 12.2. The summed E-state index contributed by atoms with van der Waals surface area (Å²) in [6.07, 6.45) is -4.58. The highest BCUT2D eigenvalue weighted by atomic mass is 19.4. The summed E-state index contributed by atoms with van der Waals surface area (Å²) >= 11 is 0. The van der Waals surface area contributed by atoms with Crippen LogP contribution < -0.4 is 4.74 Å². The Balaban J connectivity index is 1.61. The number of hydrogen-bond donors (Lipinski definition) is 1. The van der Waals surface area contributed by atoms with Gasteiger partial charge in [-0.15, -0.1) is 0 Å². The molecule has 2 aromatic rings. The van der Waals surface area contributed by atoms with Crippen LogP contribution in [0.15, 0.2) is 28.8 Å². The third-order valence-corrected chi connectivity index (χ3v) is 3.80. The van der Waals surface area contributed by atoms with Crippen molar-refractivity contribution in [1.29, 1.82) is 0 Å². The molecule has 1 aromatic heterocycles. The topological polar surface area (TPSA) is 88.7 Å². The Morgan fingerprint density at radius 3 is 2.40 bits per heavy atom. The van der Waals surface area contributed by atoms with Crippen LogP contribution in [0, 0.1) is 0 Å². The van der Waals surface area contributed by atoms with Gasteiger partial charge >= 0.3 is 18.2 Å². The van der Waals surface area contributed by atoms with E-state index in [0.29, 0.717) is 37.2 Å². The molecule has 1 aliphatic rings. The molecule has 134 valence electrons. The number of rotatable bonds is 3. The van der Waals surface area contributed by atoms with Crippen molar-refractivity contribution in [1.82, 2.24) is 15.0 Å². The van der Waals surface area contributed by atoms with Crippen molar-refractivity contribution >= 4 is 6.09 Å². The summed E-state index contributed by atoms with van der Waals surface area (Å²) in [7, 11) is 0. The van der Waals surface area contributed by atoms with Gasteiger partial charge in [-0.05, 0) is 24.3 Å². The fourth-order valence-corrected chi connectivity index (χ4v) is 2.50. The van der Waals surface area contributed by atoms with Gasteiger partial charge in [0, 0.05) is 31.5 Å². The number of ether oxygens (including phenoxy) is 1. The summed E-state index contributed by atoms with van der Waals surface area (Å²) < 4.78 is 47.4. The van der Waals surface area contributed by atoms with E-state index >= 15 is 0 Å². The number of benzene rings is 1. The minimum atomic E-state index is -4.68. The first-order valence-corrected chi connectivity index (χ1v) is 7.49. The lowest BCUT2D eigenvalue weighted by Gasteiger charge is -2.30. The second kappa shape index (κ2) is 6.61. The van der Waals surface area contributed by atoms with Crippen LogP contribution in [0.25, 0.3) is 11.4 Å². The number of piperidine rings is 1. The van der Waals surface area contributed by atoms with Gasteiger partial charge in [0.1, 0.15) is 11.9 Å². The van der Waals surface area contributed by atoms with E-state index in [0.717, 1.165) is 0 Å². The summed E-state index contributed by atoms with van der Waals surface area (Å²) in [5.74, 6) is -1.02. The maximum Gasteiger partial charge on any atom is 0.471 e. The Kier molecular flexibility index (Phi) is 4.51. The molecule has 0 spiro atoms. The van der Waals surface area contributed by atoms with Gasteiger partial charge in [-0.2, -0.15) is 18.2 Å². The summed E-state index contributed by atoms with van der Waals surface area (Å²) in [6, 6.07) is 6.27. The number of carbonyl (C=O) groups is 1. The number of nitrogens with zero attached hydrogens (tertiary/aromatic N) is 3. The molecule has 1 amide bonds. The highest BCUT2D eigenvalue weighted by Crippen LogP contribution is 2.30. The van der Waals surface area contributed by atoms with Gasteiger partial charge in [0.25, 0.3) is 0 Å². The lowest BCUT2D eigenvalue weighted by molar-refractivity contribution is -0.159. The third-order valence-electron chi connectivity index (χ3n) is 3.80. The van der Waals surface area contributed by atoms with Crippen molar-refractivity contribution in [2.24, 2.45) is 0 Å². The fraction of sp³-hybridized carbons (Fsp3) is 0.400. The second-order valence-electron chi connectivity index (χ2n) is 5.53. The van der Waals surface area contributed by atoms with Crippen molar-refractivity contribution in [3.8, 4) is 17.1 Å². The zero-order chi connectivity index (χ0) is 18.0. The Bertz CT molecular complexity index is 737. The molecule has 0 atom stereocenters. The first-order valence-electron chi connectivity index (χ1n) is 7.49. The zero-order valence-electron chi connectivity index (χ0n) is 12.9. The molecule has 1 saturated heterocycles. The van der Waals surface area contributed by atoms with Crippen molar-refractivity contribution in [3.05, 3.63) is 30.2 Å². The van der Waals surface area contributed by atoms with Crippen LogP contribution in [0.1, 0.15) is 18.7 Å². The molecule has 3 rings (SSSR count). The molecule has 7 nitrogen and oxygen atoms in total. The molecule has 1 aliphatic heterocycles. The number of halogens is 3. The van der Waals surface area contributed by atoms with E-state index in [-0.39, 0.29) is 11.9 Å². The van der Waals surface area contributed by atoms with Crippen LogP contribution in [-0.2, 0) is 6.18 Å². The Hall–Kier alpha value is -2.78. The maximum absolute atomic E-state index is 12.5. The van der Waals surface area contributed by atoms with Gasteiger partial charge in [-0.3, -0.25) is 0 Å². The molecule has 25 heavy (non-hydrogen) atoms. The van der Waals surface area contributed by atoms with Gasteiger partial charge < -0.3 is 19.3 Å². The van der Waals surface area contributed by atoms with Crippen LogP contribution >= 0.6 is 0 Å². The molecule has 0 radical (unpaired) electrons. The first kappa shape index (κ1) is 17.1. The standard InChI is InChI=1S/C15H14F3N3O4/c16-15(17,18)13-19-12(20-25-13)9-1-3-10(4-2-9)24-11-5-7-21(8-6-11)14(22)23/h1-4,11H,5-8H2,(H,22,23). The molecular formula is C15H14F3N3O4. The normalized spacial score (nSPS) is 16.0. The number of hydrogen-bond acceptors (Lipinski definition) is 5. The minimum absolute atomic E-state index is 0.108. The lowest BCUT2D eigenvalue weighted by atomic mass is 10.1. The Morgan fingerprint density at radius 2 is 1.88 bits per heavy atom. The van der Waals surface area contributed by atoms with E-state index in [4.69, 9.17) is 9.84 Å². The predicted molar refractivity (Wildman–Crippen MR) is 78.0 cm³/mol. The third kappa shape index (κ3) is 4.01.